The number of aromatic amines is 1. The smallest absolute Gasteiger partial charge is 0.177 e. The van der Waals surface area contributed by atoms with Gasteiger partial charge in [0, 0.05) is 30.1 Å². The number of oxime groups is 1. The van der Waals surface area contributed by atoms with Gasteiger partial charge in [0.05, 0.1) is 6.10 Å². The molecule has 0 saturated carbocycles. The van der Waals surface area contributed by atoms with Crippen LogP contribution in [0.1, 0.15) is 33.3 Å². The van der Waals surface area contributed by atoms with E-state index in [1.54, 1.807) is 0 Å². The number of ether oxygens (including phenoxy) is 1. The summed E-state index contributed by atoms with van der Waals surface area (Å²) in [4.78, 5) is 21.3. The molecule has 0 spiro atoms. The fraction of sp³-hybridized carbons (Fsp3) is 0.407. The minimum absolute atomic E-state index is 0.153. The molecular formula is C27H34N2O5. The number of aromatic nitrogens is 1. The standard InChI is InChI=1S/C27H34N2O5/c1-17(30)25(32)24(26(33-5)27(2,3)4)29-34-16-21(31)14-18-11-12-22-20(13-18)15-23(28-22)19-9-7-6-8-10-19/h6-13,15,17,25-26,28,30,32H,14,16H2,1-5H3/b29-24+/t17-,25+,26-/m1/s1. The number of hydrogen-bond acceptors (Lipinski definition) is 6. The van der Waals surface area contributed by atoms with Crippen molar-refractivity contribution in [2.75, 3.05) is 13.7 Å². The largest absolute Gasteiger partial charge is 0.390 e. The molecule has 3 N–H and O–H groups in total. The van der Waals surface area contributed by atoms with Gasteiger partial charge in [0.15, 0.2) is 12.4 Å². The number of hydrogen-bond donors (Lipinski definition) is 3. The van der Waals surface area contributed by atoms with Crippen molar-refractivity contribution < 1.29 is 24.6 Å². The average molecular weight is 467 g/mol. The monoisotopic (exact) mass is 466 g/mol. The Bertz CT molecular complexity index is 1130. The lowest BCUT2D eigenvalue weighted by Gasteiger charge is -2.32. The molecule has 0 bridgehead atoms. The van der Waals surface area contributed by atoms with Crippen molar-refractivity contribution in [2.45, 2.75) is 52.4 Å². The van der Waals surface area contributed by atoms with E-state index >= 15 is 0 Å². The van der Waals surface area contributed by atoms with Gasteiger partial charge in [-0.3, -0.25) is 4.79 Å². The van der Waals surface area contributed by atoms with Crippen molar-refractivity contribution >= 4 is 22.4 Å². The lowest BCUT2D eigenvalue weighted by Crippen LogP contribution is -2.46. The second-order valence-electron chi connectivity index (χ2n) is 9.64. The number of H-pyrrole nitrogens is 1. The maximum absolute atomic E-state index is 12.6. The van der Waals surface area contributed by atoms with Crippen LogP contribution in [0.2, 0.25) is 0 Å². The van der Waals surface area contributed by atoms with E-state index in [4.69, 9.17) is 9.57 Å². The normalized spacial score (nSPS) is 15.2. The summed E-state index contributed by atoms with van der Waals surface area (Å²) in [6, 6.07) is 18.0. The summed E-state index contributed by atoms with van der Waals surface area (Å²) in [5, 5.41) is 25.3. The molecule has 182 valence electrons. The average Bonchev–Trinajstić information content (AvgIpc) is 3.21. The zero-order valence-electron chi connectivity index (χ0n) is 20.4. The SMILES string of the molecule is CO[C@H](/C(=N/OCC(=O)Cc1ccc2[nH]c(-c3ccccc3)cc2c1)[C@@H](O)[C@@H](C)O)C(C)(C)C. The number of Topliss-reactive ketones (excluding diaryl/α,β-unsaturated/α-hetero) is 1. The molecular weight excluding hydrogens is 432 g/mol. The van der Waals surface area contributed by atoms with E-state index in [2.05, 4.69) is 16.2 Å². The van der Waals surface area contributed by atoms with Crippen LogP contribution in [0.3, 0.4) is 0 Å². The number of carbonyl (C=O) groups is 1. The molecule has 0 aliphatic carbocycles. The zero-order chi connectivity index (χ0) is 24.9. The highest BCUT2D eigenvalue weighted by atomic mass is 16.6. The summed E-state index contributed by atoms with van der Waals surface area (Å²) in [5.41, 5.74) is 3.74. The van der Waals surface area contributed by atoms with Crippen LogP contribution < -0.4 is 0 Å². The number of benzene rings is 2. The van der Waals surface area contributed by atoms with E-state index < -0.39 is 23.7 Å². The van der Waals surface area contributed by atoms with Gasteiger partial charge in [-0.25, -0.2) is 0 Å². The number of rotatable bonds is 10. The lowest BCUT2D eigenvalue weighted by molar-refractivity contribution is -0.123. The fourth-order valence-corrected chi connectivity index (χ4v) is 3.94. The molecule has 1 heterocycles. The molecule has 0 unspecified atom stereocenters. The second kappa shape index (κ2) is 11.0. The maximum atomic E-state index is 12.6. The van der Waals surface area contributed by atoms with Crippen LogP contribution in [-0.4, -0.2) is 58.7 Å². The van der Waals surface area contributed by atoms with Gasteiger partial charge in [-0.05, 0) is 41.7 Å². The molecule has 0 amide bonds. The highest BCUT2D eigenvalue weighted by molar-refractivity contribution is 5.93. The Hall–Kier alpha value is -3.00. The highest BCUT2D eigenvalue weighted by Gasteiger charge is 2.35. The first-order chi connectivity index (χ1) is 16.1. The van der Waals surface area contributed by atoms with Gasteiger partial charge in [-0.1, -0.05) is 62.3 Å². The predicted molar refractivity (Wildman–Crippen MR) is 134 cm³/mol. The van der Waals surface area contributed by atoms with E-state index in [-0.39, 0.29) is 24.5 Å². The molecule has 0 aliphatic heterocycles. The molecule has 0 fully saturated rings. The Labute approximate surface area is 200 Å². The number of aliphatic hydroxyl groups is 2. The summed E-state index contributed by atoms with van der Waals surface area (Å²) in [7, 11) is 1.51. The van der Waals surface area contributed by atoms with Crippen LogP contribution in [0.4, 0.5) is 0 Å². The van der Waals surface area contributed by atoms with E-state index in [1.165, 1.54) is 14.0 Å². The van der Waals surface area contributed by atoms with Crippen LogP contribution in [-0.2, 0) is 20.8 Å². The number of nitrogens with zero attached hydrogens (tertiary/aromatic N) is 1. The van der Waals surface area contributed by atoms with E-state index in [0.717, 1.165) is 27.7 Å². The Morgan fingerprint density at radius 1 is 1.09 bits per heavy atom. The van der Waals surface area contributed by atoms with Crippen molar-refractivity contribution in [2.24, 2.45) is 10.6 Å². The third-order valence-electron chi connectivity index (χ3n) is 5.62. The Morgan fingerprint density at radius 3 is 2.41 bits per heavy atom. The van der Waals surface area contributed by atoms with Crippen LogP contribution in [0.15, 0.2) is 59.8 Å². The predicted octanol–water partition coefficient (Wildman–Crippen LogP) is 4.12. The number of ketones is 1. The number of carbonyl (C=O) groups excluding carboxylic acids is 1. The molecule has 0 aliphatic rings. The van der Waals surface area contributed by atoms with Gasteiger partial charge in [0.25, 0.3) is 0 Å². The van der Waals surface area contributed by atoms with Crippen molar-refractivity contribution in [3.63, 3.8) is 0 Å². The van der Waals surface area contributed by atoms with Gasteiger partial charge in [0.2, 0.25) is 0 Å². The minimum Gasteiger partial charge on any atom is -0.390 e. The first-order valence-corrected chi connectivity index (χ1v) is 11.4. The second-order valence-corrected chi connectivity index (χ2v) is 9.64. The Morgan fingerprint density at radius 2 is 1.79 bits per heavy atom. The maximum Gasteiger partial charge on any atom is 0.177 e. The molecule has 34 heavy (non-hydrogen) atoms. The fourth-order valence-electron chi connectivity index (χ4n) is 3.94. The van der Waals surface area contributed by atoms with Crippen LogP contribution in [0, 0.1) is 5.41 Å². The molecule has 3 rings (SSSR count). The first kappa shape index (κ1) is 25.6. The lowest BCUT2D eigenvalue weighted by atomic mass is 9.83. The molecule has 7 nitrogen and oxygen atoms in total. The molecule has 2 aromatic carbocycles. The van der Waals surface area contributed by atoms with Gasteiger partial charge < -0.3 is 24.8 Å². The third kappa shape index (κ3) is 6.32. The summed E-state index contributed by atoms with van der Waals surface area (Å²) in [6.45, 7) is 6.99. The quantitative estimate of drug-likeness (QED) is 0.308. The number of fused-ring (bicyclic) bond motifs is 1. The molecule has 3 aromatic rings. The zero-order valence-corrected chi connectivity index (χ0v) is 20.4. The van der Waals surface area contributed by atoms with Crippen molar-refractivity contribution in [1.82, 2.24) is 4.98 Å². The van der Waals surface area contributed by atoms with Crippen molar-refractivity contribution in [1.29, 1.82) is 0 Å². The molecule has 1 aromatic heterocycles. The minimum atomic E-state index is -1.27. The Kier molecular flexibility index (Phi) is 8.25. The summed E-state index contributed by atoms with van der Waals surface area (Å²) >= 11 is 0. The molecule has 0 saturated heterocycles. The van der Waals surface area contributed by atoms with E-state index in [1.807, 2.05) is 69.3 Å². The Balaban J connectivity index is 1.68. The molecule has 0 radical (unpaired) electrons. The van der Waals surface area contributed by atoms with Crippen LogP contribution >= 0.6 is 0 Å². The van der Waals surface area contributed by atoms with Gasteiger partial charge >= 0.3 is 0 Å². The topological polar surface area (TPSA) is 104 Å². The summed E-state index contributed by atoms with van der Waals surface area (Å²) in [6.07, 6.45) is -2.73. The van der Waals surface area contributed by atoms with Crippen LogP contribution in [0.5, 0.6) is 0 Å². The molecule has 7 heteroatoms. The third-order valence-corrected chi connectivity index (χ3v) is 5.62. The summed E-state index contributed by atoms with van der Waals surface area (Å²) < 4.78 is 5.51. The van der Waals surface area contributed by atoms with Gasteiger partial charge in [-0.2, -0.15) is 0 Å². The van der Waals surface area contributed by atoms with Gasteiger partial charge in [-0.15, -0.1) is 0 Å². The number of methoxy groups -OCH3 is 1. The summed E-state index contributed by atoms with van der Waals surface area (Å²) in [5.74, 6) is -0.155. The van der Waals surface area contributed by atoms with E-state index in [9.17, 15) is 15.0 Å². The number of nitrogens with one attached hydrogen (secondary N) is 1. The van der Waals surface area contributed by atoms with Crippen LogP contribution in [0.25, 0.3) is 22.2 Å². The van der Waals surface area contributed by atoms with Crippen molar-refractivity contribution in [3.05, 3.63) is 60.2 Å². The van der Waals surface area contributed by atoms with Crippen molar-refractivity contribution in [3.8, 4) is 11.3 Å². The molecule has 3 atom stereocenters. The number of aliphatic hydroxyl groups excluding tert-OH is 2. The van der Waals surface area contributed by atoms with E-state index in [0.29, 0.717) is 0 Å². The first-order valence-electron chi connectivity index (χ1n) is 11.4. The van der Waals surface area contributed by atoms with Gasteiger partial charge in [0.1, 0.15) is 17.9 Å². The highest BCUT2D eigenvalue weighted by Crippen LogP contribution is 2.26.